The number of ether oxygens (including phenoxy) is 1. The summed E-state index contributed by atoms with van der Waals surface area (Å²) in [4.78, 5) is 40.2. The first-order valence-corrected chi connectivity index (χ1v) is 8.77. The van der Waals surface area contributed by atoms with Crippen LogP contribution in [0.3, 0.4) is 0 Å². The average Bonchev–Trinajstić information content (AvgIpc) is 3.09. The second-order valence-corrected chi connectivity index (χ2v) is 7.79. The van der Waals surface area contributed by atoms with Crippen molar-refractivity contribution in [3.8, 4) is 0 Å². The lowest BCUT2D eigenvalue weighted by atomic mass is 9.75. The summed E-state index contributed by atoms with van der Waals surface area (Å²) in [5, 5.41) is 6.16. The number of H-pyrrole nitrogens is 1. The Hall–Kier alpha value is -2.90. The first kappa shape index (κ1) is 18.9. The van der Waals surface area contributed by atoms with E-state index in [4.69, 9.17) is 9.26 Å². The fourth-order valence-electron chi connectivity index (χ4n) is 3.36. The van der Waals surface area contributed by atoms with Gasteiger partial charge in [0.05, 0.1) is 5.69 Å². The van der Waals surface area contributed by atoms with Gasteiger partial charge in [-0.2, -0.15) is 0 Å². The van der Waals surface area contributed by atoms with E-state index < -0.39 is 18.0 Å². The molecule has 2 heterocycles. The van der Waals surface area contributed by atoms with Crippen LogP contribution in [0.15, 0.2) is 10.6 Å². The first-order chi connectivity index (χ1) is 12.6. The second kappa shape index (κ2) is 6.68. The third kappa shape index (κ3) is 3.79. The third-order valence-electron chi connectivity index (χ3n) is 4.63. The molecule has 1 aliphatic rings. The van der Waals surface area contributed by atoms with E-state index >= 15 is 0 Å². The zero-order chi connectivity index (χ0) is 19.9. The van der Waals surface area contributed by atoms with Crippen molar-refractivity contribution in [2.75, 3.05) is 5.32 Å². The summed E-state index contributed by atoms with van der Waals surface area (Å²) in [6.45, 7) is 8.92. The standard InChI is InChI=1S/C19H23N3O5/c1-9-6-14(27-22-9)21-17(24)11(3)26-18(25)16-10(2)15-12(20-16)7-19(4,5)8-13(15)23/h6,11,20H,7-8H2,1-5H3,(H,21,24)/t11-/m0/s1. The Bertz CT molecular complexity index is 922. The van der Waals surface area contributed by atoms with Crippen molar-refractivity contribution >= 4 is 23.5 Å². The molecule has 1 aliphatic carbocycles. The van der Waals surface area contributed by atoms with Crippen LogP contribution >= 0.6 is 0 Å². The summed E-state index contributed by atoms with van der Waals surface area (Å²) in [6.07, 6.45) is 0.0563. The molecule has 0 aliphatic heterocycles. The maximum atomic E-state index is 12.5. The highest BCUT2D eigenvalue weighted by Gasteiger charge is 2.36. The molecule has 8 heteroatoms. The van der Waals surface area contributed by atoms with E-state index in [-0.39, 0.29) is 22.8 Å². The maximum Gasteiger partial charge on any atom is 0.355 e. The predicted octanol–water partition coefficient (Wildman–Crippen LogP) is 2.96. The molecule has 0 saturated heterocycles. The molecule has 0 radical (unpaired) electrons. The largest absolute Gasteiger partial charge is 0.448 e. The van der Waals surface area contributed by atoms with Crippen molar-refractivity contribution < 1.29 is 23.6 Å². The molecule has 0 fully saturated rings. The topological polar surface area (TPSA) is 114 Å². The van der Waals surface area contributed by atoms with Gasteiger partial charge in [0.2, 0.25) is 5.88 Å². The predicted molar refractivity (Wildman–Crippen MR) is 96.7 cm³/mol. The Balaban J connectivity index is 1.73. The minimum atomic E-state index is -1.05. The van der Waals surface area contributed by atoms with Gasteiger partial charge in [0.15, 0.2) is 11.9 Å². The van der Waals surface area contributed by atoms with E-state index in [1.807, 2.05) is 13.8 Å². The van der Waals surface area contributed by atoms with Gasteiger partial charge in [0, 0.05) is 23.7 Å². The van der Waals surface area contributed by atoms with Gasteiger partial charge in [-0.3, -0.25) is 14.9 Å². The number of nitrogens with one attached hydrogen (secondary N) is 2. The molecule has 0 saturated carbocycles. The highest BCUT2D eigenvalue weighted by molar-refractivity contribution is 6.04. The average molecular weight is 373 g/mol. The van der Waals surface area contributed by atoms with E-state index in [0.29, 0.717) is 29.7 Å². The van der Waals surface area contributed by atoms with Crippen molar-refractivity contribution in [3.05, 3.63) is 34.3 Å². The number of carbonyl (C=O) groups excluding carboxylic acids is 3. The smallest absolute Gasteiger partial charge is 0.355 e. The monoisotopic (exact) mass is 373 g/mol. The number of hydrogen-bond acceptors (Lipinski definition) is 6. The molecule has 2 N–H and O–H groups in total. The number of esters is 1. The Kier molecular flexibility index (Phi) is 4.67. The summed E-state index contributed by atoms with van der Waals surface area (Å²) >= 11 is 0. The van der Waals surface area contributed by atoms with Crippen molar-refractivity contribution in [1.82, 2.24) is 10.1 Å². The van der Waals surface area contributed by atoms with E-state index in [0.717, 1.165) is 5.69 Å². The van der Waals surface area contributed by atoms with Crippen LogP contribution in [0.5, 0.6) is 0 Å². The summed E-state index contributed by atoms with van der Waals surface area (Å²) in [5.74, 6) is -1.02. The lowest BCUT2D eigenvalue weighted by Crippen LogP contribution is -2.30. The molecule has 144 valence electrons. The third-order valence-corrected chi connectivity index (χ3v) is 4.63. The fourth-order valence-corrected chi connectivity index (χ4v) is 3.36. The number of amides is 1. The van der Waals surface area contributed by atoms with Crippen molar-refractivity contribution in [2.24, 2.45) is 5.41 Å². The Morgan fingerprint density at radius 3 is 2.67 bits per heavy atom. The van der Waals surface area contributed by atoms with E-state index in [9.17, 15) is 14.4 Å². The normalized spacial score (nSPS) is 16.6. The van der Waals surface area contributed by atoms with Gasteiger partial charge >= 0.3 is 5.97 Å². The summed E-state index contributed by atoms with van der Waals surface area (Å²) in [6, 6.07) is 1.56. The van der Waals surface area contributed by atoms with Gasteiger partial charge in [-0.1, -0.05) is 19.0 Å². The van der Waals surface area contributed by atoms with Crippen molar-refractivity contribution in [3.63, 3.8) is 0 Å². The number of aromatic nitrogens is 2. The van der Waals surface area contributed by atoms with Gasteiger partial charge in [0.25, 0.3) is 5.91 Å². The van der Waals surface area contributed by atoms with Crippen LogP contribution in [0.1, 0.15) is 65.0 Å². The van der Waals surface area contributed by atoms with Crippen LogP contribution in [0.2, 0.25) is 0 Å². The lowest BCUT2D eigenvalue weighted by molar-refractivity contribution is -0.124. The zero-order valence-electron chi connectivity index (χ0n) is 16.1. The minimum Gasteiger partial charge on any atom is -0.448 e. The Labute approximate surface area is 156 Å². The molecule has 2 aromatic rings. The summed E-state index contributed by atoms with van der Waals surface area (Å²) in [5.41, 5.74) is 2.54. The van der Waals surface area contributed by atoms with Crippen LogP contribution in [0.25, 0.3) is 0 Å². The number of aryl methyl sites for hydroxylation is 1. The van der Waals surface area contributed by atoms with Crippen LogP contribution in [-0.2, 0) is 16.0 Å². The molecular formula is C19H23N3O5. The van der Waals surface area contributed by atoms with E-state index in [2.05, 4.69) is 15.5 Å². The number of aromatic amines is 1. The van der Waals surface area contributed by atoms with Gasteiger partial charge in [0.1, 0.15) is 5.69 Å². The highest BCUT2D eigenvalue weighted by atomic mass is 16.5. The summed E-state index contributed by atoms with van der Waals surface area (Å²) < 4.78 is 10.2. The van der Waals surface area contributed by atoms with Crippen LogP contribution in [0, 0.1) is 19.3 Å². The fraction of sp³-hybridized carbons (Fsp3) is 0.474. The Morgan fingerprint density at radius 1 is 1.33 bits per heavy atom. The highest BCUT2D eigenvalue weighted by Crippen LogP contribution is 2.36. The molecule has 27 heavy (non-hydrogen) atoms. The molecule has 0 aromatic carbocycles. The zero-order valence-corrected chi connectivity index (χ0v) is 16.1. The van der Waals surface area contributed by atoms with Gasteiger partial charge in [-0.25, -0.2) is 4.79 Å². The SMILES string of the molecule is Cc1cc(NC(=O)[C@H](C)OC(=O)c2[nH]c3c(c2C)C(=O)CC(C)(C)C3)on1. The van der Waals surface area contributed by atoms with Crippen LogP contribution in [-0.4, -0.2) is 33.9 Å². The molecule has 1 atom stereocenters. The van der Waals surface area contributed by atoms with Gasteiger partial charge in [-0.15, -0.1) is 0 Å². The van der Waals surface area contributed by atoms with Crippen LogP contribution < -0.4 is 5.32 Å². The number of nitrogens with zero attached hydrogens (tertiary/aromatic N) is 1. The van der Waals surface area contributed by atoms with E-state index in [1.165, 1.54) is 6.92 Å². The molecule has 0 unspecified atom stereocenters. The number of carbonyl (C=O) groups is 3. The van der Waals surface area contributed by atoms with Gasteiger partial charge < -0.3 is 14.2 Å². The molecule has 8 nitrogen and oxygen atoms in total. The molecule has 2 aromatic heterocycles. The first-order valence-electron chi connectivity index (χ1n) is 8.77. The molecule has 3 rings (SSSR count). The van der Waals surface area contributed by atoms with Crippen molar-refractivity contribution in [1.29, 1.82) is 0 Å². The molecular weight excluding hydrogens is 350 g/mol. The number of fused-ring (bicyclic) bond motifs is 1. The number of anilines is 1. The lowest BCUT2D eigenvalue weighted by Gasteiger charge is -2.28. The number of rotatable bonds is 4. The maximum absolute atomic E-state index is 12.5. The molecule has 0 bridgehead atoms. The van der Waals surface area contributed by atoms with Crippen LogP contribution in [0.4, 0.5) is 5.88 Å². The molecule has 1 amide bonds. The van der Waals surface area contributed by atoms with Gasteiger partial charge in [-0.05, 0) is 38.2 Å². The number of ketones is 1. The minimum absolute atomic E-state index is 0.0144. The quantitative estimate of drug-likeness (QED) is 0.797. The van der Waals surface area contributed by atoms with Crippen molar-refractivity contribution in [2.45, 2.75) is 53.6 Å². The summed E-state index contributed by atoms with van der Waals surface area (Å²) in [7, 11) is 0. The Morgan fingerprint density at radius 2 is 2.04 bits per heavy atom. The van der Waals surface area contributed by atoms with E-state index in [1.54, 1.807) is 19.9 Å². The number of Topliss-reactive ketones (excluding diaryl/α,β-unsaturated/α-hetero) is 1. The second-order valence-electron chi connectivity index (χ2n) is 7.79. The molecule has 0 spiro atoms. The number of hydrogen-bond donors (Lipinski definition) is 2.